The molecule has 1 nitrogen and oxygen atoms in total. The Balaban J connectivity index is 1.61. The van der Waals surface area contributed by atoms with Crippen molar-refractivity contribution in [3.63, 3.8) is 0 Å². The lowest BCUT2D eigenvalue weighted by Crippen LogP contribution is -2.40. The fourth-order valence-corrected chi connectivity index (χ4v) is 3.71. The van der Waals surface area contributed by atoms with Gasteiger partial charge in [0.2, 0.25) is 0 Å². The van der Waals surface area contributed by atoms with Crippen molar-refractivity contribution >= 4 is 11.8 Å². The van der Waals surface area contributed by atoms with E-state index in [2.05, 4.69) is 66.9 Å². The Morgan fingerprint density at radius 3 is 2.57 bits per heavy atom. The van der Waals surface area contributed by atoms with Crippen molar-refractivity contribution < 1.29 is 0 Å². The van der Waals surface area contributed by atoms with Crippen molar-refractivity contribution in [1.82, 2.24) is 0 Å². The Bertz CT molecular complexity index is 608. The van der Waals surface area contributed by atoms with Crippen molar-refractivity contribution in [2.45, 2.75) is 63.8 Å². The first-order valence-corrected chi connectivity index (χ1v) is 9.29. The topological polar surface area (TPSA) is 12.0 Å². The van der Waals surface area contributed by atoms with Crippen LogP contribution in [0, 0.1) is 0 Å². The van der Waals surface area contributed by atoms with Crippen molar-refractivity contribution in [2.75, 3.05) is 5.32 Å². The summed E-state index contributed by atoms with van der Waals surface area (Å²) in [5.41, 5.74) is 3.98. The molecule has 0 fully saturated rings. The summed E-state index contributed by atoms with van der Waals surface area (Å²) in [5, 5.41) is 3.82. The van der Waals surface area contributed by atoms with Gasteiger partial charge in [0.25, 0.3) is 0 Å². The molecule has 1 aromatic rings. The number of hydrogen-bond donors (Lipinski definition) is 1. The van der Waals surface area contributed by atoms with Gasteiger partial charge in [0.1, 0.15) is 0 Å². The predicted molar refractivity (Wildman–Crippen MR) is 102 cm³/mol. The van der Waals surface area contributed by atoms with Crippen LogP contribution in [0.3, 0.4) is 0 Å². The van der Waals surface area contributed by atoms with Gasteiger partial charge in [-0.3, -0.25) is 0 Å². The highest BCUT2D eigenvalue weighted by molar-refractivity contribution is 5.78. The summed E-state index contributed by atoms with van der Waals surface area (Å²) < 4.78 is 0. The lowest BCUT2D eigenvalue weighted by Gasteiger charge is -2.39. The van der Waals surface area contributed by atoms with E-state index in [1.807, 2.05) is 0 Å². The van der Waals surface area contributed by atoms with Crippen LogP contribution >= 0.6 is 0 Å². The van der Waals surface area contributed by atoms with Gasteiger partial charge in [-0.15, -0.1) is 0 Å². The molecule has 23 heavy (non-hydrogen) atoms. The van der Waals surface area contributed by atoms with Crippen LogP contribution in [0.2, 0.25) is 0 Å². The van der Waals surface area contributed by atoms with Crippen LogP contribution < -0.4 is 5.32 Å². The Morgan fingerprint density at radius 2 is 1.70 bits per heavy atom. The van der Waals surface area contributed by atoms with Crippen LogP contribution in [0.25, 0.3) is 6.08 Å². The van der Waals surface area contributed by atoms with Gasteiger partial charge in [-0.2, -0.15) is 0 Å². The van der Waals surface area contributed by atoms with Crippen LogP contribution in [0.5, 0.6) is 0 Å². The van der Waals surface area contributed by atoms with Crippen molar-refractivity contribution in [1.29, 1.82) is 0 Å². The average Bonchev–Trinajstić information content (AvgIpc) is 2.59. The second kappa shape index (κ2) is 7.68. The molecule has 1 heteroatoms. The van der Waals surface area contributed by atoms with Crippen molar-refractivity contribution in [3.05, 3.63) is 59.7 Å². The highest BCUT2D eigenvalue weighted by Gasteiger charge is 2.34. The average molecular weight is 307 g/mol. The van der Waals surface area contributed by atoms with E-state index in [-0.39, 0.29) is 5.54 Å². The monoisotopic (exact) mass is 307 g/mol. The molecule has 1 aliphatic carbocycles. The number of anilines is 1. The lowest BCUT2D eigenvalue weighted by atomic mass is 9.78. The number of benzene rings is 1. The van der Waals surface area contributed by atoms with Gasteiger partial charge in [-0.1, -0.05) is 94.4 Å². The van der Waals surface area contributed by atoms with E-state index in [1.165, 1.54) is 68.2 Å². The van der Waals surface area contributed by atoms with Gasteiger partial charge < -0.3 is 5.32 Å². The molecule has 1 heterocycles. The van der Waals surface area contributed by atoms with E-state index in [0.717, 1.165) is 0 Å². The van der Waals surface area contributed by atoms with Gasteiger partial charge in [-0.25, -0.2) is 0 Å². The molecule has 2 aliphatic rings. The minimum atomic E-state index is 0.00647. The molecule has 1 atom stereocenters. The van der Waals surface area contributed by atoms with Crippen LogP contribution in [0.15, 0.2) is 54.1 Å². The molecule has 1 unspecified atom stereocenters. The van der Waals surface area contributed by atoms with E-state index < -0.39 is 0 Å². The van der Waals surface area contributed by atoms with Gasteiger partial charge >= 0.3 is 0 Å². The smallest absolute Gasteiger partial charge is 0.0813 e. The number of nitrogens with one attached hydrogen (secondary N) is 1. The van der Waals surface area contributed by atoms with Crippen molar-refractivity contribution in [2.24, 2.45) is 0 Å². The van der Waals surface area contributed by atoms with E-state index >= 15 is 0 Å². The molecule has 1 N–H and O–H groups in total. The normalized spacial score (nSPS) is 21.3. The minimum Gasteiger partial charge on any atom is -0.372 e. The predicted octanol–water partition coefficient (Wildman–Crippen LogP) is 6.50. The first-order chi connectivity index (χ1) is 11.3. The van der Waals surface area contributed by atoms with Crippen molar-refractivity contribution in [3.8, 4) is 0 Å². The summed E-state index contributed by atoms with van der Waals surface area (Å²) >= 11 is 0. The van der Waals surface area contributed by atoms with E-state index in [9.17, 15) is 0 Å². The third-order valence-electron chi connectivity index (χ3n) is 5.09. The molecule has 1 aliphatic heterocycles. The number of allylic oxidation sites excluding steroid dienone is 2. The van der Waals surface area contributed by atoms with E-state index in [1.54, 1.807) is 0 Å². The Kier molecular flexibility index (Phi) is 5.38. The molecule has 0 bridgehead atoms. The summed E-state index contributed by atoms with van der Waals surface area (Å²) in [6, 6.07) is 8.62. The molecular weight excluding hydrogens is 278 g/mol. The Labute approximate surface area is 141 Å². The summed E-state index contributed by atoms with van der Waals surface area (Å²) in [5.74, 6) is 0. The summed E-state index contributed by atoms with van der Waals surface area (Å²) in [6.45, 7) is 2.28. The van der Waals surface area contributed by atoms with Gasteiger partial charge in [-0.05, 0) is 29.7 Å². The third kappa shape index (κ3) is 3.77. The molecule has 122 valence electrons. The van der Waals surface area contributed by atoms with Gasteiger partial charge in [0.15, 0.2) is 0 Å². The fourth-order valence-electron chi connectivity index (χ4n) is 3.71. The zero-order chi connectivity index (χ0) is 16.0. The van der Waals surface area contributed by atoms with Gasteiger partial charge in [0, 0.05) is 5.69 Å². The number of rotatable bonds is 8. The highest BCUT2D eigenvalue weighted by Crippen LogP contribution is 2.39. The van der Waals surface area contributed by atoms with Crippen LogP contribution in [-0.2, 0) is 0 Å². The zero-order valence-corrected chi connectivity index (χ0v) is 14.4. The molecule has 0 saturated heterocycles. The fraction of sp³-hybridized carbons (Fsp3) is 0.455. The molecule has 1 aromatic carbocycles. The maximum absolute atomic E-state index is 3.82. The number of hydrogen-bond acceptors (Lipinski definition) is 1. The first-order valence-electron chi connectivity index (χ1n) is 9.29. The minimum absolute atomic E-state index is 0.00647. The second-order valence-electron chi connectivity index (χ2n) is 6.87. The first kappa shape index (κ1) is 16.1. The molecule has 0 saturated carbocycles. The summed E-state index contributed by atoms with van der Waals surface area (Å²) in [6.07, 6.45) is 22.0. The molecule has 3 rings (SSSR count). The van der Waals surface area contributed by atoms with Crippen LogP contribution in [0.1, 0.15) is 63.9 Å². The molecule has 0 radical (unpaired) electrons. The number of unbranched alkanes of at least 4 members (excludes halogenated alkanes) is 6. The number of fused-ring (bicyclic) bond motifs is 2. The molecule has 0 spiro atoms. The van der Waals surface area contributed by atoms with Crippen LogP contribution in [0.4, 0.5) is 5.69 Å². The SMILES string of the molecule is CCCCCCCCCC12C=CC=CC1=Cc1ccccc1N2. The van der Waals surface area contributed by atoms with Gasteiger partial charge in [0.05, 0.1) is 5.54 Å². The second-order valence-corrected chi connectivity index (χ2v) is 6.87. The highest BCUT2D eigenvalue weighted by atomic mass is 15.0. The Hall–Kier alpha value is -1.76. The zero-order valence-electron chi connectivity index (χ0n) is 14.4. The quantitative estimate of drug-likeness (QED) is 0.540. The van der Waals surface area contributed by atoms with Crippen LogP contribution in [-0.4, -0.2) is 5.54 Å². The summed E-state index contributed by atoms with van der Waals surface area (Å²) in [7, 11) is 0. The molecule has 0 amide bonds. The molecule has 0 aromatic heterocycles. The standard InChI is InChI=1S/C22H29N/c1-2-3-4-5-6-7-11-16-22-17-12-10-14-20(22)18-19-13-8-9-15-21(19)23-22/h8-10,12-15,17-18,23H,2-7,11,16H2,1H3. The largest absolute Gasteiger partial charge is 0.372 e. The van der Waals surface area contributed by atoms with E-state index in [4.69, 9.17) is 0 Å². The molecular formula is C22H29N. The maximum Gasteiger partial charge on any atom is 0.0813 e. The third-order valence-corrected chi connectivity index (χ3v) is 5.09. The lowest BCUT2D eigenvalue weighted by molar-refractivity contribution is 0.524. The number of para-hydroxylation sites is 1. The Morgan fingerprint density at radius 1 is 0.913 bits per heavy atom. The maximum atomic E-state index is 3.82. The summed E-state index contributed by atoms with van der Waals surface area (Å²) in [4.78, 5) is 0. The van der Waals surface area contributed by atoms with E-state index in [0.29, 0.717) is 0 Å².